The second-order valence-corrected chi connectivity index (χ2v) is 18.0. The maximum absolute atomic E-state index is 13.3. The van der Waals surface area contributed by atoms with Crippen LogP contribution in [0.2, 0.25) is 25.7 Å². The molecule has 13 nitrogen and oxygen atoms in total. The number of hydrogen-bond donors (Lipinski definition) is 2. The lowest BCUT2D eigenvalue weighted by molar-refractivity contribution is -0.137. The summed E-state index contributed by atoms with van der Waals surface area (Å²) in [5.41, 5.74) is 2.25. The first-order chi connectivity index (χ1) is 22.7. The number of amides is 1. The molecule has 17 heteroatoms. The molecule has 2 N–H and O–H groups in total. The molecular formula is C31H38F3N11O2Si. The molecule has 0 aliphatic rings. The van der Waals surface area contributed by atoms with E-state index in [-0.39, 0.29) is 19.2 Å². The number of carbonyl (C=O) groups is 1. The third kappa shape index (κ3) is 8.27. The highest BCUT2D eigenvalue weighted by Gasteiger charge is 2.30. The number of nitrogens with one attached hydrogen (secondary N) is 2. The molecule has 4 heterocycles. The van der Waals surface area contributed by atoms with Crippen LogP contribution in [-0.4, -0.2) is 75.7 Å². The second kappa shape index (κ2) is 14.0. The predicted octanol–water partition coefficient (Wildman–Crippen LogP) is 5.68. The minimum Gasteiger partial charge on any atom is -0.361 e. The molecular weight excluding hydrogens is 643 g/mol. The number of hydrogen-bond acceptors (Lipinski definition) is 10. The van der Waals surface area contributed by atoms with Gasteiger partial charge in [0.05, 0.1) is 29.3 Å². The maximum atomic E-state index is 13.3. The van der Waals surface area contributed by atoms with E-state index in [0.717, 1.165) is 18.2 Å². The van der Waals surface area contributed by atoms with Crippen LogP contribution < -0.4 is 20.4 Å². The number of anilines is 6. The number of aromatic nitrogens is 7. The molecule has 0 radical (unpaired) electrons. The van der Waals surface area contributed by atoms with Gasteiger partial charge in [-0.3, -0.25) is 18.9 Å². The summed E-state index contributed by atoms with van der Waals surface area (Å²) in [6.07, 6.45) is 2.12. The maximum Gasteiger partial charge on any atom is 0.416 e. The predicted molar refractivity (Wildman–Crippen MR) is 181 cm³/mol. The molecule has 0 aliphatic heterocycles. The van der Waals surface area contributed by atoms with Gasteiger partial charge in [-0.05, 0) is 42.4 Å². The first-order valence-electron chi connectivity index (χ1n) is 15.1. The number of ether oxygens (including phenoxy) is 1. The Hall–Kier alpha value is -5.03. The van der Waals surface area contributed by atoms with Gasteiger partial charge in [-0.15, -0.1) is 0 Å². The second-order valence-electron chi connectivity index (χ2n) is 12.3. The van der Waals surface area contributed by atoms with E-state index in [1.807, 2.05) is 18.0 Å². The number of likely N-dealkylation sites (N-methyl/N-ethyl adjacent to an activating group) is 1. The first kappa shape index (κ1) is 34.3. The van der Waals surface area contributed by atoms with Gasteiger partial charge in [0.1, 0.15) is 24.6 Å². The molecule has 254 valence electrons. The average Bonchev–Trinajstić information content (AvgIpc) is 3.62. The summed E-state index contributed by atoms with van der Waals surface area (Å²) >= 11 is 0. The van der Waals surface area contributed by atoms with E-state index in [9.17, 15) is 18.0 Å². The van der Waals surface area contributed by atoms with Crippen molar-refractivity contribution in [1.29, 1.82) is 0 Å². The van der Waals surface area contributed by atoms with Crippen LogP contribution in [0, 0.1) is 0 Å². The molecule has 1 aromatic carbocycles. The van der Waals surface area contributed by atoms with Crippen LogP contribution in [0.1, 0.15) is 5.56 Å². The van der Waals surface area contributed by atoms with E-state index in [1.54, 1.807) is 54.4 Å². The van der Waals surface area contributed by atoms with Crippen LogP contribution in [0.4, 0.5) is 47.9 Å². The number of halogens is 3. The third-order valence-electron chi connectivity index (χ3n) is 7.48. The lowest BCUT2D eigenvalue weighted by Gasteiger charge is -2.25. The van der Waals surface area contributed by atoms with Gasteiger partial charge < -0.3 is 20.3 Å². The van der Waals surface area contributed by atoms with Gasteiger partial charge >= 0.3 is 6.18 Å². The molecule has 0 bridgehead atoms. The number of alkyl halides is 3. The van der Waals surface area contributed by atoms with Crippen LogP contribution in [0.15, 0.2) is 61.2 Å². The molecule has 0 saturated heterocycles. The van der Waals surface area contributed by atoms with Gasteiger partial charge in [0.15, 0.2) is 5.65 Å². The summed E-state index contributed by atoms with van der Waals surface area (Å²) in [4.78, 5) is 33.7. The monoisotopic (exact) mass is 681 g/mol. The first-order valence-corrected chi connectivity index (χ1v) is 18.8. The molecule has 0 saturated carbocycles. The van der Waals surface area contributed by atoms with Crippen molar-refractivity contribution in [3.8, 4) is 0 Å². The molecule has 0 atom stereocenters. The highest BCUT2D eigenvalue weighted by atomic mass is 28.3. The number of nitrogens with zero attached hydrogens (tertiary/aromatic N) is 9. The van der Waals surface area contributed by atoms with Crippen molar-refractivity contribution in [3.05, 3.63) is 66.7 Å². The van der Waals surface area contributed by atoms with Crippen LogP contribution >= 0.6 is 0 Å². The number of rotatable bonds is 13. The number of fused-ring (bicyclic) bond motifs is 1. The van der Waals surface area contributed by atoms with E-state index in [0.29, 0.717) is 52.5 Å². The number of aryl methyl sites for hydroxylation is 1. The van der Waals surface area contributed by atoms with Gasteiger partial charge in [0.25, 0.3) is 0 Å². The largest absolute Gasteiger partial charge is 0.416 e. The molecule has 0 spiro atoms. The number of imidazole rings is 1. The van der Waals surface area contributed by atoms with Gasteiger partial charge in [-0.2, -0.15) is 23.3 Å². The number of pyridine rings is 1. The molecule has 48 heavy (non-hydrogen) atoms. The molecule has 1 amide bonds. The fourth-order valence-corrected chi connectivity index (χ4v) is 5.45. The van der Waals surface area contributed by atoms with E-state index < -0.39 is 19.8 Å². The summed E-state index contributed by atoms with van der Waals surface area (Å²) < 4.78 is 49.3. The van der Waals surface area contributed by atoms with Gasteiger partial charge in [0, 0.05) is 53.9 Å². The zero-order chi connectivity index (χ0) is 34.6. The van der Waals surface area contributed by atoms with Crippen molar-refractivity contribution in [1.82, 2.24) is 39.6 Å². The Balaban J connectivity index is 1.39. The minimum atomic E-state index is -4.45. The zero-order valence-electron chi connectivity index (χ0n) is 27.6. The molecule has 0 fully saturated rings. The van der Waals surface area contributed by atoms with E-state index in [4.69, 9.17) is 9.72 Å². The van der Waals surface area contributed by atoms with Crippen molar-refractivity contribution < 1.29 is 22.7 Å². The van der Waals surface area contributed by atoms with Crippen molar-refractivity contribution >= 4 is 59.9 Å². The number of carbonyl (C=O) groups excluding carboxylic acids is 1. The molecule has 0 aliphatic carbocycles. The van der Waals surface area contributed by atoms with Crippen molar-refractivity contribution in [2.75, 3.05) is 42.5 Å². The van der Waals surface area contributed by atoms with Gasteiger partial charge in [-0.1, -0.05) is 19.6 Å². The van der Waals surface area contributed by atoms with E-state index in [1.165, 1.54) is 16.8 Å². The van der Waals surface area contributed by atoms with Crippen LogP contribution in [0.3, 0.4) is 0 Å². The summed E-state index contributed by atoms with van der Waals surface area (Å²) in [5, 5.41) is 9.83. The Morgan fingerprint density at radius 1 is 1.04 bits per heavy atom. The minimum absolute atomic E-state index is 0.0836. The van der Waals surface area contributed by atoms with Crippen LogP contribution in [-0.2, 0) is 29.3 Å². The summed E-state index contributed by atoms with van der Waals surface area (Å²) in [5.74, 6) is 1.20. The molecule has 5 rings (SSSR count). The average molecular weight is 682 g/mol. The Bertz CT molecular complexity index is 1870. The SMILES string of the molecule is CNC(=O)Cn1cc(Nc2nccc(N(C)c3cnc4c(c3)nc(N(COCC[Si](C)(C)C)c3ccc(C(F)(F)F)cc3)n4C)n2)cn1. The Morgan fingerprint density at radius 3 is 2.48 bits per heavy atom. The summed E-state index contributed by atoms with van der Waals surface area (Å²) in [6, 6.07) is 9.50. The quantitative estimate of drug-likeness (QED) is 0.0909. The van der Waals surface area contributed by atoms with Gasteiger partial charge in [0.2, 0.25) is 17.8 Å². The van der Waals surface area contributed by atoms with E-state index in [2.05, 4.69) is 50.3 Å². The lowest BCUT2D eigenvalue weighted by atomic mass is 10.2. The van der Waals surface area contributed by atoms with Crippen molar-refractivity contribution in [3.63, 3.8) is 0 Å². The number of benzene rings is 1. The highest BCUT2D eigenvalue weighted by molar-refractivity contribution is 6.76. The Kier molecular flexibility index (Phi) is 10.00. The highest BCUT2D eigenvalue weighted by Crippen LogP contribution is 2.34. The van der Waals surface area contributed by atoms with Crippen molar-refractivity contribution in [2.24, 2.45) is 7.05 Å². The zero-order valence-corrected chi connectivity index (χ0v) is 28.6. The van der Waals surface area contributed by atoms with Crippen molar-refractivity contribution in [2.45, 2.75) is 38.4 Å². The fraction of sp³-hybridized carbons (Fsp3) is 0.355. The summed E-state index contributed by atoms with van der Waals surface area (Å²) in [7, 11) is 3.84. The topological polar surface area (TPSA) is 131 Å². The Labute approximate surface area is 276 Å². The van der Waals surface area contributed by atoms with Gasteiger partial charge in [-0.25, -0.2) is 15.0 Å². The Morgan fingerprint density at radius 2 is 1.79 bits per heavy atom. The third-order valence-corrected chi connectivity index (χ3v) is 9.19. The van der Waals surface area contributed by atoms with Crippen LogP contribution in [0.5, 0.6) is 0 Å². The smallest absolute Gasteiger partial charge is 0.361 e. The van der Waals surface area contributed by atoms with E-state index >= 15 is 0 Å². The summed E-state index contributed by atoms with van der Waals surface area (Å²) in [6.45, 7) is 7.46. The molecule has 0 unspecified atom stereocenters. The standard InChI is InChI=1S/C31H38F3N11O2Si/c1-35-27(46)19-44-18-22(16-38-44)39-29-36-12-11-26(41-29)42(2)24-15-25-28(37-17-24)43(3)30(40-25)45(20-47-13-14-48(4,5)6)23-9-7-21(8-10-23)31(32,33)34/h7-12,15-18H,13-14,19-20H2,1-6H3,(H,35,46)(H,36,39,41). The fourth-order valence-electron chi connectivity index (χ4n) is 4.69. The lowest BCUT2D eigenvalue weighted by Crippen LogP contribution is -2.27. The molecule has 5 aromatic rings. The van der Waals surface area contributed by atoms with Crippen LogP contribution in [0.25, 0.3) is 11.2 Å². The normalized spacial score (nSPS) is 11.9. The molecule has 4 aromatic heterocycles.